The Bertz CT molecular complexity index is 2850. The lowest BCUT2D eigenvalue weighted by Gasteiger charge is -2.26. The summed E-state index contributed by atoms with van der Waals surface area (Å²) in [6.45, 7) is 0. The molecule has 0 saturated carbocycles. The Kier molecular flexibility index (Phi) is 7.00. The molecule has 240 valence electrons. The summed E-state index contributed by atoms with van der Waals surface area (Å²) in [6.07, 6.45) is 0. The Hall–Kier alpha value is -6.49. The molecule has 8 aromatic carbocycles. The maximum atomic E-state index is 6.46. The number of benzene rings is 8. The van der Waals surface area contributed by atoms with E-state index in [9.17, 15) is 0 Å². The van der Waals surface area contributed by atoms with E-state index in [4.69, 9.17) is 9.40 Å². The van der Waals surface area contributed by atoms with Crippen molar-refractivity contribution < 1.29 is 4.42 Å². The Morgan fingerprint density at radius 1 is 0.451 bits per heavy atom. The zero-order chi connectivity index (χ0) is 33.7. The smallest absolute Gasteiger partial charge is 0.137 e. The predicted molar refractivity (Wildman–Crippen MR) is 215 cm³/mol. The van der Waals surface area contributed by atoms with Crippen LogP contribution in [-0.2, 0) is 0 Å². The van der Waals surface area contributed by atoms with Gasteiger partial charge in [-0.25, -0.2) is 4.98 Å². The molecule has 4 heteroatoms. The molecule has 0 aliphatic rings. The summed E-state index contributed by atoms with van der Waals surface area (Å²) in [4.78, 5) is 7.38. The van der Waals surface area contributed by atoms with Crippen LogP contribution in [0.4, 0.5) is 17.1 Å². The third-order valence-corrected chi connectivity index (χ3v) is 10.8. The average Bonchev–Trinajstić information content (AvgIpc) is 3.81. The molecular weight excluding hydrogens is 641 g/mol. The van der Waals surface area contributed by atoms with Gasteiger partial charge in [0.1, 0.15) is 16.2 Å². The van der Waals surface area contributed by atoms with E-state index in [1.807, 2.05) is 6.07 Å². The van der Waals surface area contributed by atoms with Crippen LogP contribution >= 0.6 is 11.3 Å². The summed E-state index contributed by atoms with van der Waals surface area (Å²) in [5.74, 6) is 0. The lowest BCUT2D eigenvalue weighted by atomic mass is 9.98. The van der Waals surface area contributed by atoms with Crippen molar-refractivity contribution in [3.63, 3.8) is 0 Å². The summed E-state index contributed by atoms with van der Waals surface area (Å²) in [5.41, 5.74) is 11.8. The van der Waals surface area contributed by atoms with Gasteiger partial charge in [0.2, 0.25) is 0 Å². The normalized spacial score (nSPS) is 11.5. The van der Waals surface area contributed by atoms with Gasteiger partial charge in [-0.15, -0.1) is 11.3 Å². The summed E-state index contributed by atoms with van der Waals surface area (Å²) in [7, 11) is 0. The van der Waals surface area contributed by atoms with Gasteiger partial charge >= 0.3 is 0 Å². The van der Waals surface area contributed by atoms with Gasteiger partial charge in [0.25, 0.3) is 0 Å². The highest BCUT2D eigenvalue weighted by Gasteiger charge is 2.19. The second-order valence-electron chi connectivity index (χ2n) is 12.8. The van der Waals surface area contributed by atoms with Gasteiger partial charge < -0.3 is 9.32 Å². The van der Waals surface area contributed by atoms with Crippen LogP contribution in [-0.4, -0.2) is 4.98 Å². The Labute approximate surface area is 299 Å². The molecule has 3 nitrogen and oxygen atoms in total. The van der Waals surface area contributed by atoms with Crippen molar-refractivity contribution >= 4 is 71.3 Å². The first-order valence-corrected chi connectivity index (χ1v) is 17.9. The molecule has 10 aromatic rings. The fourth-order valence-corrected chi connectivity index (χ4v) is 8.37. The van der Waals surface area contributed by atoms with E-state index in [1.165, 1.54) is 33.0 Å². The van der Waals surface area contributed by atoms with Gasteiger partial charge in [-0.3, -0.25) is 0 Å². The average molecular weight is 671 g/mol. The highest BCUT2D eigenvalue weighted by atomic mass is 32.1. The number of nitrogens with zero attached hydrogens (tertiary/aromatic N) is 2. The topological polar surface area (TPSA) is 29.3 Å². The van der Waals surface area contributed by atoms with E-state index >= 15 is 0 Å². The van der Waals surface area contributed by atoms with Gasteiger partial charge in [0.05, 0.1) is 10.2 Å². The fraction of sp³-hybridized carbons (Fsp3) is 0. The fourth-order valence-electron chi connectivity index (χ4n) is 7.25. The molecule has 0 fully saturated rings. The number of anilines is 3. The molecule has 2 aromatic heterocycles. The van der Waals surface area contributed by atoms with Gasteiger partial charge in [-0.2, -0.15) is 0 Å². The number of hydrogen-bond donors (Lipinski definition) is 0. The van der Waals surface area contributed by atoms with Crippen LogP contribution in [0.1, 0.15) is 0 Å². The molecule has 0 aliphatic carbocycles. The molecule has 0 saturated heterocycles. The van der Waals surface area contributed by atoms with Crippen LogP contribution < -0.4 is 4.90 Å². The van der Waals surface area contributed by atoms with Crippen LogP contribution in [0.15, 0.2) is 186 Å². The Morgan fingerprint density at radius 3 is 1.96 bits per heavy atom. The molecule has 51 heavy (non-hydrogen) atoms. The molecule has 0 atom stereocenters. The molecular formula is C47H30N2OS. The quantitative estimate of drug-likeness (QED) is 0.176. The number of fused-ring (bicyclic) bond motifs is 6. The summed E-state index contributed by atoms with van der Waals surface area (Å²) >= 11 is 1.72. The van der Waals surface area contributed by atoms with Gasteiger partial charge in [-0.05, 0) is 87.6 Å². The zero-order valence-corrected chi connectivity index (χ0v) is 28.3. The van der Waals surface area contributed by atoms with E-state index in [1.54, 1.807) is 11.3 Å². The molecule has 10 rings (SSSR count). The first-order valence-electron chi connectivity index (χ1n) is 17.1. The molecule has 0 unspecified atom stereocenters. The predicted octanol–water partition coefficient (Wildman–Crippen LogP) is 13.8. The number of rotatable bonds is 6. The molecule has 0 amide bonds. The summed E-state index contributed by atoms with van der Waals surface area (Å²) < 4.78 is 7.60. The van der Waals surface area contributed by atoms with Crippen molar-refractivity contribution in [3.8, 4) is 32.8 Å². The second kappa shape index (κ2) is 12.1. The first kappa shape index (κ1) is 29.4. The lowest BCUT2D eigenvalue weighted by Crippen LogP contribution is -2.10. The summed E-state index contributed by atoms with van der Waals surface area (Å²) in [5, 5.41) is 5.68. The van der Waals surface area contributed by atoms with Crippen LogP contribution in [0.3, 0.4) is 0 Å². The molecule has 0 radical (unpaired) electrons. The number of furan rings is 1. The van der Waals surface area contributed by atoms with Gasteiger partial charge in [0, 0.05) is 33.4 Å². The van der Waals surface area contributed by atoms with Gasteiger partial charge in [-0.1, -0.05) is 127 Å². The molecule has 0 N–H and O–H groups in total. The maximum absolute atomic E-state index is 6.46. The van der Waals surface area contributed by atoms with Gasteiger partial charge in [0.15, 0.2) is 0 Å². The third kappa shape index (κ3) is 5.16. The monoisotopic (exact) mass is 670 g/mol. The SMILES string of the molecule is c1ccc(-c2cccc(N(c3ccc(-c4cccc5ccccc45)cc3)c3ccc4oc5ccc6nc(-c7ccccc7)sc6c5c4c3)c2)cc1. The van der Waals surface area contributed by atoms with E-state index in [-0.39, 0.29) is 0 Å². The van der Waals surface area contributed by atoms with E-state index in [0.717, 1.165) is 59.8 Å². The maximum Gasteiger partial charge on any atom is 0.137 e. The minimum absolute atomic E-state index is 0.861. The number of hydrogen-bond acceptors (Lipinski definition) is 4. The zero-order valence-electron chi connectivity index (χ0n) is 27.5. The molecule has 0 spiro atoms. The lowest BCUT2D eigenvalue weighted by molar-refractivity contribution is 0.669. The van der Waals surface area contributed by atoms with Crippen LogP contribution in [0.2, 0.25) is 0 Å². The minimum Gasteiger partial charge on any atom is -0.456 e. The van der Waals surface area contributed by atoms with Crippen molar-refractivity contribution in [2.45, 2.75) is 0 Å². The Morgan fingerprint density at radius 2 is 1.12 bits per heavy atom. The molecule has 0 bridgehead atoms. The highest BCUT2D eigenvalue weighted by molar-refractivity contribution is 7.22. The van der Waals surface area contributed by atoms with Crippen molar-refractivity contribution in [3.05, 3.63) is 182 Å². The van der Waals surface area contributed by atoms with E-state index in [2.05, 4.69) is 181 Å². The van der Waals surface area contributed by atoms with Crippen LogP contribution in [0, 0.1) is 0 Å². The molecule has 0 aliphatic heterocycles. The van der Waals surface area contributed by atoms with Crippen molar-refractivity contribution in [1.29, 1.82) is 0 Å². The van der Waals surface area contributed by atoms with E-state index < -0.39 is 0 Å². The van der Waals surface area contributed by atoms with Crippen molar-refractivity contribution in [1.82, 2.24) is 4.98 Å². The standard InChI is InChI=1S/C47H30N2OS/c1-3-11-31(12-4-1)35-17-9-18-37(29-35)49(36-23-21-33(22-24-36)40-20-10-16-32-13-7-8-19-39(32)40)38-25-27-43-41(30-38)45-44(50-43)28-26-42-46(45)51-47(48-42)34-14-5-2-6-15-34/h1-30H. The van der Waals surface area contributed by atoms with Crippen molar-refractivity contribution in [2.24, 2.45) is 0 Å². The number of aromatic nitrogens is 1. The van der Waals surface area contributed by atoms with Crippen LogP contribution in [0.25, 0.3) is 75.8 Å². The first-order chi connectivity index (χ1) is 25.3. The highest BCUT2D eigenvalue weighted by Crippen LogP contribution is 2.44. The third-order valence-electron chi connectivity index (χ3n) is 9.69. The van der Waals surface area contributed by atoms with E-state index in [0.29, 0.717) is 0 Å². The van der Waals surface area contributed by atoms with Crippen LogP contribution in [0.5, 0.6) is 0 Å². The summed E-state index contributed by atoms with van der Waals surface area (Å²) in [6, 6.07) is 64.5. The largest absolute Gasteiger partial charge is 0.456 e. The van der Waals surface area contributed by atoms with Crippen molar-refractivity contribution in [2.75, 3.05) is 4.90 Å². The Balaban J connectivity index is 1.15. The molecule has 2 heterocycles. The second-order valence-corrected chi connectivity index (χ2v) is 13.8. The number of thiazole rings is 1. The minimum atomic E-state index is 0.861.